The Balaban J connectivity index is 0.000000712. The van der Waals surface area contributed by atoms with E-state index < -0.39 is 61.5 Å². The predicted molar refractivity (Wildman–Crippen MR) is 294 cm³/mol. The topological polar surface area (TPSA) is 370 Å². The molecule has 76 heavy (non-hydrogen) atoms. The molecule has 0 saturated carbocycles. The van der Waals surface area contributed by atoms with Crippen LogP contribution in [0.25, 0.3) is 22.3 Å². The molecule has 28 heteroatoms. The van der Waals surface area contributed by atoms with Crippen LogP contribution in [0.3, 0.4) is 0 Å². The van der Waals surface area contributed by atoms with Crippen molar-refractivity contribution in [3.05, 3.63) is 25.3 Å². The molecule has 4 heterocycles. The minimum Gasteiger partial charge on any atom is -0.464 e. The van der Waals surface area contributed by atoms with Crippen molar-refractivity contribution >= 4 is 78.5 Å². The number of imidazole rings is 2. The number of carbonyl (C=O) groups excluding carboxylic acids is 3. The van der Waals surface area contributed by atoms with Gasteiger partial charge in [0.15, 0.2) is 22.9 Å². The molecule has 4 aromatic heterocycles. The van der Waals surface area contributed by atoms with Crippen molar-refractivity contribution in [1.29, 1.82) is 0 Å². The Morgan fingerprint density at radius 3 is 1.24 bits per heavy atom. The fraction of sp³-hybridized carbons (Fsp3) is 0.729. The standard InChI is InChI=1S/C29H52N7O6P.C10H19ClO2.C9H14N5O4P.H3N/c1-20(16-36-18-33-21-22(30)31-17-32-23(21)36)42-19-43(39,34-28(8,9)24(37)40-14-12-26(2,3)4)35-29(10,11)25(38)41-15-13-27(5,6)7;1-9(2,3)6-7-13-8(12)10(4,5)11;1-6(18-5-19(15,16)17)2-14-4-13-7-8(10)11-3-12-9(7)14;/h17-18,20H,12-16,19H2,1-11H3,(H2,30,31,32)(H2,34,35,39);6-7H2,1-5H3;3-4,6H,2,5H2,1H3,(H2,10,11,12)(H2,15,16,17);1H3/t20-;;6-;/m1.1./s1. The first-order chi connectivity index (χ1) is 34.0. The molecule has 0 radical (unpaired) electrons. The zero-order chi connectivity index (χ0) is 57.6. The Kier molecular flexibility index (Phi) is 26.1. The Hall–Kier alpha value is -4.42. The minimum absolute atomic E-state index is 0. The summed E-state index contributed by atoms with van der Waals surface area (Å²) in [6.45, 7) is 33.3. The maximum absolute atomic E-state index is 14.5. The van der Waals surface area contributed by atoms with E-state index in [0.29, 0.717) is 54.9 Å². The van der Waals surface area contributed by atoms with Crippen LogP contribution in [0.1, 0.15) is 137 Å². The van der Waals surface area contributed by atoms with Crippen LogP contribution in [0.15, 0.2) is 25.3 Å². The van der Waals surface area contributed by atoms with Crippen molar-refractivity contribution in [2.45, 2.75) is 178 Å². The van der Waals surface area contributed by atoms with Crippen LogP contribution in [0, 0.1) is 16.2 Å². The average Bonchev–Trinajstić information content (AvgIpc) is 3.85. The third kappa shape index (κ3) is 25.8. The fourth-order valence-electron chi connectivity index (χ4n) is 6.15. The van der Waals surface area contributed by atoms with Gasteiger partial charge in [-0.25, -0.2) is 40.1 Å². The molecule has 4 aromatic rings. The molecule has 2 atom stereocenters. The molecule has 0 aromatic carbocycles. The van der Waals surface area contributed by atoms with Gasteiger partial charge in [0.2, 0.25) is 7.44 Å². The first-order valence-corrected chi connectivity index (χ1v) is 28.6. The second-order valence-corrected chi connectivity index (χ2v) is 28.3. The maximum atomic E-state index is 14.5. The van der Waals surface area contributed by atoms with Gasteiger partial charge in [0.1, 0.15) is 52.3 Å². The van der Waals surface area contributed by atoms with Gasteiger partial charge in [0.05, 0.1) is 57.8 Å². The van der Waals surface area contributed by atoms with Crippen molar-refractivity contribution in [2.24, 2.45) is 16.2 Å². The number of nitrogen functional groups attached to an aromatic ring is 2. The number of halogens is 1. The smallest absolute Gasteiger partial charge is 0.350 e. The molecule has 0 amide bonds. The maximum Gasteiger partial charge on any atom is 0.350 e. The van der Waals surface area contributed by atoms with Crippen molar-refractivity contribution in [1.82, 2.24) is 55.4 Å². The molecule has 434 valence electrons. The quantitative estimate of drug-likeness (QED) is 0.0161. The molecule has 11 N–H and O–H groups in total. The summed E-state index contributed by atoms with van der Waals surface area (Å²) >= 11 is 5.76. The number of alkyl halides is 1. The summed E-state index contributed by atoms with van der Waals surface area (Å²) < 4.78 is 55.8. The van der Waals surface area contributed by atoms with Crippen LogP contribution < -0.4 is 27.8 Å². The normalized spacial score (nSPS) is 13.6. The molecule has 0 saturated heterocycles. The molecular formula is C48H88ClN13O12P2. The van der Waals surface area contributed by atoms with Crippen molar-refractivity contribution in [2.75, 3.05) is 44.0 Å². The average molecular weight is 1140 g/mol. The van der Waals surface area contributed by atoms with Crippen molar-refractivity contribution in [3.8, 4) is 0 Å². The van der Waals surface area contributed by atoms with E-state index in [1.165, 1.54) is 19.0 Å². The van der Waals surface area contributed by atoms with Crippen LogP contribution in [0.5, 0.6) is 0 Å². The van der Waals surface area contributed by atoms with E-state index in [1.807, 2.05) is 0 Å². The highest BCUT2D eigenvalue weighted by Crippen LogP contribution is 2.42. The van der Waals surface area contributed by atoms with Crippen LogP contribution >= 0.6 is 26.6 Å². The number of anilines is 2. The molecule has 0 aliphatic carbocycles. The number of ether oxygens (including phenoxy) is 5. The van der Waals surface area contributed by atoms with Gasteiger partial charge >= 0.3 is 25.5 Å². The van der Waals surface area contributed by atoms with Gasteiger partial charge in [-0.3, -0.25) is 23.5 Å². The lowest BCUT2D eigenvalue weighted by Gasteiger charge is -2.35. The summed E-state index contributed by atoms with van der Waals surface area (Å²) in [5.74, 6) is -0.937. The number of hydrogen-bond acceptors (Lipinski definition) is 19. The second kappa shape index (κ2) is 28.5. The van der Waals surface area contributed by atoms with E-state index in [0.717, 1.165) is 6.42 Å². The van der Waals surface area contributed by atoms with Crippen molar-refractivity contribution in [3.63, 3.8) is 0 Å². The van der Waals surface area contributed by atoms with E-state index in [2.05, 4.69) is 102 Å². The van der Waals surface area contributed by atoms with Crippen LogP contribution in [-0.4, -0.2) is 127 Å². The molecule has 0 unspecified atom stereocenters. The number of aromatic nitrogens is 8. The molecular weight excluding hydrogens is 1050 g/mol. The Morgan fingerprint density at radius 1 is 0.592 bits per heavy atom. The third-order valence-electron chi connectivity index (χ3n) is 10.5. The third-order valence-corrected chi connectivity index (χ3v) is 13.5. The van der Waals surface area contributed by atoms with Crippen LogP contribution in [0.4, 0.5) is 11.6 Å². The fourth-order valence-corrected chi connectivity index (χ4v) is 9.29. The summed E-state index contributed by atoms with van der Waals surface area (Å²) in [5.41, 5.74) is 11.0. The highest BCUT2D eigenvalue weighted by Gasteiger charge is 2.43. The minimum atomic E-state index is -4.16. The summed E-state index contributed by atoms with van der Waals surface area (Å²) in [4.78, 5) is 78.3. The van der Waals surface area contributed by atoms with E-state index in [-0.39, 0.29) is 59.6 Å². The number of nitrogens with one attached hydrogen (secondary N) is 2. The molecule has 0 bridgehead atoms. The lowest BCUT2D eigenvalue weighted by molar-refractivity contribution is -0.150. The second-order valence-electron chi connectivity index (χ2n) is 23.6. The molecule has 25 nitrogen and oxygen atoms in total. The van der Waals surface area contributed by atoms with E-state index in [1.54, 1.807) is 70.9 Å². The Labute approximate surface area is 453 Å². The highest BCUT2D eigenvalue weighted by molar-refractivity contribution is 7.59. The SMILES string of the molecule is CC(C)(C)CCOC(=O)C(C)(C)Cl.C[C@H](Cn1cnc2c(N)ncnc21)OCP(=O)(NC(C)(C)C(=O)OCCC(C)(C)C)NC(C)(C)C(=O)OCCC(C)(C)C.C[C@H](Cn1cnc2c(N)ncnc21)OCP(=O)(O)O.N. The summed E-state index contributed by atoms with van der Waals surface area (Å²) in [7, 11) is -7.95. The molecule has 0 aliphatic heterocycles. The molecule has 0 spiro atoms. The van der Waals surface area contributed by atoms with Gasteiger partial charge in [-0.2, -0.15) is 0 Å². The zero-order valence-corrected chi connectivity index (χ0v) is 50.3. The van der Waals surface area contributed by atoms with E-state index in [9.17, 15) is 23.5 Å². The molecule has 0 aliphatic rings. The summed E-state index contributed by atoms with van der Waals surface area (Å²) in [6.07, 6.45) is 6.17. The molecule has 4 rings (SSSR count). The lowest BCUT2D eigenvalue weighted by Crippen LogP contribution is -2.54. The van der Waals surface area contributed by atoms with Crippen LogP contribution in [0.2, 0.25) is 0 Å². The lowest BCUT2D eigenvalue weighted by atomic mass is 9.93. The van der Waals surface area contributed by atoms with Gasteiger partial charge in [0.25, 0.3) is 0 Å². The zero-order valence-electron chi connectivity index (χ0n) is 47.7. The number of esters is 3. The van der Waals surface area contributed by atoms with Gasteiger partial charge < -0.3 is 60.2 Å². The number of nitrogens with two attached hydrogens (primary N) is 2. The van der Waals surface area contributed by atoms with Gasteiger partial charge in [-0.15, -0.1) is 11.6 Å². The number of rotatable bonds is 23. The number of fused-ring (bicyclic) bond motifs is 2. The Morgan fingerprint density at radius 2 is 0.921 bits per heavy atom. The van der Waals surface area contributed by atoms with Gasteiger partial charge in [-0.05, 0) is 90.9 Å². The van der Waals surface area contributed by atoms with Crippen molar-refractivity contribution < 1.29 is 57.0 Å². The van der Waals surface area contributed by atoms with Crippen LogP contribution in [-0.2, 0) is 60.3 Å². The van der Waals surface area contributed by atoms with E-state index >= 15 is 0 Å². The largest absolute Gasteiger partial charge is 0.464 e. The number of hydrogen-bond donors (Lipinski definition) is 7. The Bertz CT molecular complexity index is 2530. The monoisotopic (exact) mass is 1140 g/mol. The number of carbonyl (C=O) groups is 3. The van der Waals surface area contributed by atoms with Gasteiger partial charge in [0, 0.05) is 0 Å². The summed E-state index contributed by atoms with van der Waals surface area (Å²) in [5, 5.41) is 5.88. The number of nitrogens with zero attached hydrogens (tertiary/aromatic N) is 8. The first-order valence-electron chi connectivity index (χ1n) is 24.5. The van der Waals surface area contributed by atoms with Gasteiger partial charge in [-0.1, -0.05) is 62.3 Å². The highest BCUT2D eigenvalue weighted by atomic mass is 35.5. The van der Waals surface area contributed by atoms with E-state index in [4.69, 9.17) is 56.5 Å². The molecule has 0 fully saturated rings. The summed E-state index contributed by atoms with van der Waals surface area (Å²) in [6, 6.07) is 0. The predicted octanol–water partition coefficient (Wildman–Crippen LogP) is 7.75. The first kappa shape index (κ1) is 69.6.